The lowest BCUT2D eigenvalue weighted by Crippen LogP contribution is -1.97. The van der Waals surface area contributed by atoms with Crippen LogP contribution in [-0.4, -0.2) is 17.1 Å². The lowest BCUT2D eigenvalue weighted by atomic mass is 10.2. The smallest absolute Gasteiger partial charge is 0.325 e. The molecule has 2 aromatic rings. The highest BCUT2D eigenvalue weighted by Gasteiger charge is 2.10. The highest BCUT2D eigenvalue weighted by Crippen LogP contribution is 2.28. The van der Waals surface area contributed by atoms with Gasteiger partial charge in [0.05, 0.1) is 23.3 Å². The second kappa shape index (κ2) is 5.54. The summed E-state index contributed by atoms with van der Waals surface area (Å²) < 4.78 is 11.1. The van der Waals surface area contributed by atoms with Crippen molar-refractivity contribution < 1.29 is 9.47 Å². The summed E-state index contributed by atoms with van der Waals surface area (Å²) in [5, 5.41) is 9.01. The van der Waals surface area contributed by atoms with Crippen molar-refractivity contribution in [3.63, 3.8) is 0 Å². The van der Waals surface area contributed by atoms with Crippen molar-refractivity contribution in [2.24, 2.45) is 0 Å². The Balaban J connectivity index is 2.34. The maximum absolute atomic E-state index is 9.01. The molecule has 2 N–H and O–H groups in total. The Labute approximate surface area is 117 Å². The molecular weight excluding hydrogens is 312 g/mol. The molecule has 7 heteroatoms. The fraction of sp³-hybridized carbons (Fsp3) is 0.0833. The van der Waals surface area contributed by atoms with E-state index in [1.165, 1.54) is 19.4 Å². The van der Waals surface area contributed by atoms with Crippen LogP contribution in [0.2, 0.25) is 0 Å². The number of methoxy groups -OCH3 is 1. The van der Waals surface area contributed by atoms with E-state index >= 15 is 0 Å². The maximum Gasteiger partial charge on any atom is 0.325 e. The largest absolute Gasteiger partial charge is 0.480 e. The third-order valence-electron chi connectivity index (χ3n) is 2.21. The molecule has 0 aliphatic rings. The number of hydrogen-bond acceptors (Lipinski definition) is 6. The predicted molar refractivity (Wildman–Crippen MR) is 71.9 cm³/mol. The number of halogens is 1. The van der Waals surface area contributed by atoms with Crippen LogP contribution in [0, 0.1) is 11.3 Å². The summed E-state index contributed by atoms with van der Waals surface area (Å²) in [5.74, 6) is 0.681. The molecule has 0 aliphatic heterocycles. The van der Waals surface area contributed by atoms with Gasteiger partial charge in [-0.3, -0.25) is 0 Å². The zero-order valence-electron chi connectivity index (χ0n) is 9.92. The number of nitrogen functional groups attached to an aromatic ring is 1. The minimum absolute atomic E-state index is 0.0846. The summed E-state index contributed by atoms with van der Waals surface area (Å²) in [5.41, 5.74) is 6.39. The Morgan fingerprint density at radius 2 is 2.21 bits per heavy atom. The van der Waals surface area contributed by atoms with Gasteiger partial charge in [-0.2, -0.15) is 10.2 Å². The van der Waals surface area contributed by atoms with Crippen molar-refractivity contribution in [1.29, 1.82) is 5.26 Å². The first-order chi connectivity index (χ1) is 9.13. The van der Waals surface area contributed by atoms with Gasteiger partial charge in [-0.25, -0.2) is 4.98 Å². The van der Waals surface area contributed by atoms with Crippen LogP contribution in [0.25, 0.3) is 0 Å². The molecule has 0 radical (unpaired) electrons. The average Bonchev–Trinajstić information content (AvgIpc) is 2.42. The molecule has 0 fully saturated rings. The Morgan fingerprint density at radius 1 is 1.42 bits per heavy atom. The minimum atomic E-state index is 0.0846. The number of hydrogen-bond donors (Lipinski definition) is 1. The molecule has 0 saturated carbocycles. The highest BCUT2D eigenvalue weighted by atomic mass is 79.9. The standard InChI is InChI=1S/C12H9BrN4O2/c1-18-11-9(13)6-16-12(17-11)19-10-3-2-8(15)4-7(10)5-14/h2-4,6H,15H2,1H3. The van der Waals surface area contributed by atoms with Crippen molar-refractivity contribution in [3.05, 3.63) is 34.4 Å². The van der Waals surface area contributed by atoms with E-state index < -0.39 is 0 Å². The summed E-state index contributed by atoms with van der Waals surface area (Å²) in [6.07, 6.45) is 1.50. The topological polar surface area (TPSA) is 94.0 Å². The monoisotopic (exact) mass is 320 g/mol. The van der Waals surface area contributed by atoms with Crippen molar-refractivity contribution in [3.8, 4) is 23.7 Å². The molecule has 0 atom stereocenters. The first kappa shape index (κ1) is 13.1. The van der Waals surface area contributed by atoms with Gasteiger partial charge in [0, 0.05) is 5.69 Å². The van der Waals surface area contributed by atoms with Crippen molar-refractivity contribution in [2.45, 2.75) is 0 Å². The van der Waals surface area contributed by atoms with Gasteiger partial charge in [0.2, 0.25) is 5.88 Å². The number of ether oxygens (including phenoxy) is 2. The van der Waals surface area contributed by atoms with Crippen LogP contribution in [-0.2, 0) is 0 Å². The van der Waals surface area contributed by atoms with Gasteiger partial charge in [0.15, 0.2) is 0 Å². The van der Waals surface area contributed by atoms with E-state index in [1.807, 2.05) is 6.07 Å². The van der Waals surface area contributed by atoms with Crippen molar-refractivity contribution in [1.82, 2.24) is 9.97 Å². The molecule has 1 heterocycles. The van der Waals surface area contributed by atoms with Crippen molar-refractivity contribution >= 4 is 21.6 Å². The molecule has 0 amide bonds. The Kier molecular flexibility index (Phi) is 3.82. The zero-order chi connectivity index (χ0) is 13.8. The molecule has 0 unspecified atom stereocenters. The van der Waals surface area contributed by atoms with E-state index in [2.05, 4.69) is 25.9 Å². The molecule has 6 nitrogen and oxygen atoms in total. The van der Waals surface area contributed by atoms with E-state index in [4.69, 9.17) is 20.5 Å². The molecule has 1 aromatic carbocycles. The number of rotatable bonds is 3. The molecule has 2 rings (SSSR count). The molecule has 0 bridgehead atoms. The third-order valence-corrected chi connectivity index (χ3v) is 2.75. The van der Waals surface area contributed by atoms with Gasteiger partial charge in [-0.05, 0) is 34.1 Å². The fourth-order valence-corrected chi connectivity index (χ4v) is 1.70. The molecular formula is C12H9BrN4O2. The first-order valence-electron chi connectivity index (χ1n) is 5.18. The summed E-state index contributed by atoms with van der Waals surface area (Å²) in [6.45, 7) is 0. The van der Waals surface area contributed by atoms with Gasteiger partial charge >= 0.3 is 6.01 Å². The normalized spacial score (nSPS) is 9.74. The molecule has 19 heavy (non-hydrogen) atoms. The quantitative estimate of drug-likeness (QED) is 0.873. The maximum atomic E-state index is 9.01. The average molecular weight is 321 g/mol. The number of nitrogens with zero attached hydrogens (tertiary/aromatic N) is 3. The second-order valence-corrected chi connectivity index (χ2v) is 4.33. The van der Waals surface area contributed by atoms with Gasteiger partial charge in [-0.15, -0.1) is 0 Å². The summed E-state index contributed by atoms with van der Waals surface area (Å²) in [6, 6.07) is 6.82. The van der Waals surface area contributed by atoms with E-state index in [0.717, 1.165) is 0 Å². The summed E-state index contributed by atoms with van der Waals surface area (Å²) >= 11 is 3.24. The molecule has 0 spiro atoms. The predicted octanol–water partition coefficient (Wildman–Crippen LogP) is 2.49. The number of nitrogens with two attached hydrogens (primary N) is 1. The first-order valence-corrected chi connectivity index (χ1v) is 5.97. The number of aromatic nitrogens is 2. The van der Waals surface area contributed by atoms with Crippen LogP contribution in [0.4, 0.5) is 5.69 Å². The summed E-state index contributed by atoms with van der Waals surface area (Å²) in [4.78, 5) is 8.02. The Morgan fingerprint density at radius 3 is 2.89 bits per heavy atom. The van der Waals surface area contributed by atoms with Gasteiger partial charge in [-0.1, -0.05) is 0 Å². The Bertz CT molecular complexity index is 655. The molecule has 0 aliphatic carbocycles. The van der Waals surface area contributed by atoms with Crippen LogP contribution in [0.5, 0.6) is 17.6 Å². The lowest BCUT2D eigenvalue weighted by Gasteiger charge is -2.07. The molecule has 96 valence electrons. The second-order valence-electron chi connectivity index (χ2n) is 3.48. The van der Waals surface area contributed by atoms with Gasteiger partial charge < -0.3 is 15.2 Å². The van der Waals surface area contributed by atoms with Crippen LogP contribution >= 0.6 is 15.9 Å². The van der Waals surface area contributed by atoms with E-state index in [9.17, 15) is 0 Å². The SMILES string of the molecule is COc1nc(Oc2ccc(N)cc2C#N)ncc1Br. The zero-order valence-corrected chi connectivity index (χ0v) is 11.5. The number of anilines is 1. The van der Waals surface area contributed by atoms with Crippen LogP contribution in [0.1, 0.15) is 5.56 Å². The van der Waals surface area contributed by atoms with Crippen molar-refractivity contribution in [2.75, 3.05) is 12.8 Å². The van der Waals surface area contributed by atoms with Gasteiger partial charge in [0.1, 0.15) is 11.8 Å². The number of benzene rings is 1. The third kappa shape index (κ3) is 2.92. The van der Waals surface area contributed by atoms with E-state index in [1.54, 1.807) is 12.1 Å². The van der Waals surface area contributed by atoms with Crippen LogP contribution in [0.3, 0.4) is 0 Å². The van der Waals surface area contributed by atoms with E-state index in [0.29, 0.717) is 27.4 Å². The molecule has 0 saturated heterocycles. The fourth-order valence-electron chi connectivity index (χ4n) is 1.35. The van der Waals surface area contributed by atoms with Gasteiger partial charge in [0.25, 0.3) is 0 Å². The number of nitriles is 1. The van der Waals surface area contributed by atoms with Crippen LogP contribution < -0.4 is 15.2 Å². The Hall–Kier alpha value is -2.33. The van der Waals surface area contributed by atoms with E-state index in [-0.39, 0.29) is 6.01 Å². The summed E-state index contributed by atoms with van der Waals surface area (Å²) in [7, 11) is 1.49. The lowest BCUT2D eigenvalue weighted by molar-refractivity contribution is 0.373. The van der Waals surface area contributed by atoms with Crippen LogP contribution in [0.15, 0.2) is 28.9 Å². The minimum Gasteiger partial charge on any atom is -0.480 e. The highest BCUT2D eigenvalue weighted by molar-refractivity contribution is 9.10. The molecule has 1 aromatic heterocycles.